The predicted molar refractivity (Wildman–Crippen MR) is 76.0 cm³/mol. The van der Waals surface area contributed by atoms with Gasteiger partial charge in [0.25, 0.3) is 0 Å². The zero-order valence-electron chi connectivity index (χ0n) is 9.66. The number of guanidine groups is 1. The fraction of sp³-hybridized carbons (Fsp3) is 0.800. The zero-order chi connectivity index (χ0) is 11.1. The van der Waals surface area contributed by atoms with E-state index in [0.29, 0.717) is 25.0 Å². The Labute approximate surface area is 114 Å². The Morgan fingerprint density at radius 2 is 2.19 bits per heavy atom. The van der Waals surface area contributed by atoms with Gasteiger partial charge in [0, 0.05) is 19.0 Å². The molecular formula is C10H21IN4O. The number of rotatable bonds is 6. The van der Waals surface area contributed by atoms with Crippen LogP contribution in [-0.2, 0) is 4.79 Å². The van der Waals surface area contributed by atoms with E-state index in [1.807, 2.05) is 6.92 Å². The van der Waals surface area contributed by atoms with Crippen LogP contribution in [-0.4, -0.2) is 31.0 Å². The van der Waals surface area contributed by atoms with Gasteiger partial charge in [0.15, 0.2) is 5.96 Å². The molecule has 0 aromatic rings. The van der Waals surface area contributed by atoms with Crippen LogP contribution < -0.4 is 16.4 Å². The summed E-state index contributed by atoms with van der Waals surface area (Å²) >= 11 is 0. The van der Waals surface area contributed by atoms with E-state index < -0.39 is 0 Å². The van der Waals surface area contributed by atoms with Crippen molar-refractivity contribution in [3.05, 3.63) is 0 Å². The lowest BCUT2D eigenvalue weighted by Crippen LogP contribution is -2.33. The zero-order valence-corrected chi connectivity index (χ0v) is 12.0. The highest BCUT2D eigenvalue weighted by Crippen LogP contribution is 2.17. The molecule has 0 aromatic heterocycles. The van der Waals surface area contributed by atoms with Crippen LogP contribution in [0.2, 0.25) is 0 Å². The number of carbonyl (C=O) groups is 1. The average Bonchev–Trinajstić information content (AvgIpc) is 2.98. The molecule has 0 spiro atoms. The summed E-state index contributed by atoms with van der Waals surface area (Å²) in [6, 6.07) is 0.516. The molecule has 16 heavy (non-hydrogen) atoms. The molecule has 1 aliphatic rings. The number of carbonyl (C=O) groups excluding carboxylic acids is 1. The first-order valence-corrected chi connectivity index (χ1v) is 5.55. The molecule has 1 rings (SSSR count). The van der Waals surface area contributed by atoms with Crippen molar-refractivity contribution in [1.29, 1.82) is 0 Å². The second kappa shape index (κ2) is 8.60. The van der Waals surface area contributed by atoms with Crippen molar-refractivity contribution in [1.82, 2.24) is 10.6 Å². The Bertz CT molecular complexity index is 241. The van der Waals surface area contributed by atoms with Crippen LogP contribution in [0, 0.1) is 0 Å². The molecule has 0 saturated heterocycles. The standard InChI is InChI=1S/C10H20N4O.HI/c1-2-6-12-9(15)5-7-13-10(11)14-8-3-4-8;/h8H,2-7H2,1H3,(H,12,15)(H3,11,13,14);1H. The fourth-order valence-electron chi connectivity index (χ4n) is 1.11. The number of hydrogen-bond acceptors (Lipinski definition) is 2. The fourth-order valence-corrected chi connectivity index (χ4v) is 1.11. The Morgan fingerprint density at radius 3 is 2.75 bits per heavy atom. The average molecular weight is 340 g/mol. The molecule has 6 heteroatoms. The van der Waals surface area contributed by atoms with Gasteiger partial charge in [0.2, 0.25) is 5.91 Å². The monoisotopic (exact) mass is 340 g/mol. The van der Waals surface area contributed by atoms with Gasteiger partial charge in [0.1, 0.15) is 0 Å². The van der Waals surface area contributed by atoms with E-state index in [4.69, 9.17) is 5.73 Å². The SMILES string of the molecule is CCCNC(=O)CCN=C(N)NC1CC1.I. The molecule has 5 nitrogen and oxygen atoms in total. The van der Waals surface area contributed by atoms with E-state index >= 15 is 0 Å². The molecule has 94 valence electrons. The van der Waals surface area contributed by atoms with Gasteiger partial charge in [-0.15, -0.1) is 24.0 Å². The lowest BCUT2D eigenvalue weighted by molar-refractivity contribution is -0.120. The van der Waals surface area contributed by atoms with Gasteiger partial charge in [-0.1, -0.05) is 6.92 Å². The molecule has 4 N–H and O–H groups in total. The van der Waals surface area contributed by atoms with Gasteiger partial charge in [-0.3, -0.25) is 9.79 Å². The minimum atomic E-state index is 0. The first-order chi connectivity index (χ1) is 7.22. The maximum Gasteiger partial charge on any atom is 0.221 e. The second-order valence-corrected chi connectivity index (χ2v) is 3.79. The molecular weight excluding hydrogens is 319 g/mol. The summed E-state index contributed by atoms with van der Waals surface area (Å²) in [4.78, 5) is 15.3. The summed E-state index contributed by atoms with van der Waals surface area (Å²) < 4.78 is 0. The molecule has 1 saturated carbocycles. The third kappa shape index (κ3) is 7.72. The molecule has 0 bridgehead atoms. The first-order valence-electron chi connectivity index (χ1n) is 5.55. The molecule has 0 heterocycles. The number of halogens is 1. The lowest BCUT2D eigenvalue weighted by Gasteiger charge is -2.03. The van der Waals surface area contributed by atoms with Crippen molar-refractivity contribution in [2.75, 3.05) is 13.1 Å². The molecule has 1 aliphatic carbocycles. The van der Waals surface area contributed by atoms with Crippen LogP contribution in [0.3, 0.4) is 0 Å². The second-order valence-electron chi connectivity index (χ2n) is 3.79. The third-order valence-corrected chi connectivity index (χ3v) is 2.12. The number of nitrogens with one attached hydrogen (secondary N) is 2. The van der Waals surface area contributed by atoms with E-state index in [1.54, 1.807) is 0 Å². The summed E-state index contributed by atoms with van der Waals surface area (Å²) in [5.41, 5.74) is 5.61. The number of hydrogen-bond donors (Lipinski definition) is 3. The maximum absolute atomic E-state index is 11.2. The maximum atomic E-state index is 11.2. The van der Waals surface area contributed by atoms with Crippen molar-refractivity contribution in [2.24, 2.45) is 10.7 Å². The van der Waals surface area contributed by atoms with Crippen molar-refractivity contribution in [3.63, 3.8) is 0 Å². The molecule has 0 aliphatic heterocycles. The Kier molecular flexibility index (Phi) is 8.32. The highest BCUT2D eigenvalue weighted by Gasteiger charge is 2.21. The van der Waals surface area contributed by atoms with Gasteiger partial charge < -0.3 is 16.4 Å². The molecule has 0 aromatic carbocycles. The van der Waals surface area contributed by atoms with Gasteiger partial charge in [-0.2, -0.15) is 0 Å². The van der Waals surface area contributed by atoms with Crippen LogP contribution >= 0.6 is 24.0 Å². The van der Waals surface area contributed by atoms with Crippen molar-refractivity contribution < 1.29 is 4.79 Å². The third-order valence-electron chi connectivity index (χ3n) is 2.12. The first kappa shape index (κ1) is 15.5. The highest BCUT2D eigenvalue weighted by atomic mass is 127. The van der Waals surface area contributed by atoms with Crippen LogP contribution in [0.5, 0.6) is 0 Å². The normalized spacial score (nSPS) is 15.2. The molecule has 0 radical (unpaired) electrons. The molecule has 0 atom stereocenters. The van der Waals surface area contributed by atoms with E-state index in [1.165, 1.54) is 12.8 Å². The number of aliphatic imine (C=N–C) groups is 1. The van der Waals surface area contributed by atoms with Gasteiger partial charge in [-0.05, 0) is 19.3 Å². The number of nitrogens with two attached hydrogens (primary N) is 1. The molecule has 1 amide bonds. The highest BCUT2D eigenvalue weighted by molar-refractivity contribution is 14.0. The minimum absolute atomic E-state index is 0. The van der Waals surface area contributed by atoms with Crippen LogP contribution in [0.15, 0.2) is 4.99 Å². The van der Waals surface area contributed by atoms with Crippen molar-refractivity contribution in [2.45, 2.75) is 38.6 Å². The van der Waals surface area contributed by atoms with Crippen molar-refractivity contribution >= 4 is 35.8 Å². The summed E-state index contributed by atoms with van der Waals surface area (Å²) in [6.07, 6.45) is 3.72. The molecule has 1 fully saturated rings. The quantitative estimate of drug-likeness (QED) is 0.376. The summed E-state index contributed by atoms with van der Waals surface area (Å²) in [6.45, 7) is 3.22. The summed E-state index contributed by atoms with van der Waals surface area (Å²) in [5.74, 6) is 0.501. The van der Waals surface area contributed by atoms with Crippen molar-refractivity contribution in [3.8, 4) is 0 Å². The van der Waals surface area contributed by atoms with E-state index in [2.05, 4.69) is 15.6 Å². The van der Waals surface area contributed by atoms with Crippen LogP contribution in [0.25, 0.3) is 0 Å². The Hall–Kier alpha value is -0.530. The lowest BCUT2D eigenvalue weighted by atomic mass is 10.4. The smallest absolute Gasteiger partial charge is 0.221 e. The summed E-state index contributed by atoms with van der Waals surface area (Å²) in [7, 11) is 0. The topological polar surface area (TPSA) is 79.5 Å². The van der Waals surface area contributed by atoms with E-state index in [0.717, 1.165) is 13.0 Å². The molecule has 0 unspecified atom stereocenters. The van der Waals surface area contributed by atoms with E-state index in [-0.39, 0.29) is 29.9 Å². The van der Waals surface area contributed by atoms with Gasteiger partial charge in [-0.25, -0.2) is 0 Å². The van der Waals surface area contributed by atoms with Gasteiger partial charge >= 0.3 is 0 Å². The predicted octanol–water partition coefficient (Wildman–Crippen LogP) is 0.587. The van der Waals surface area contributed by atoms with Crippen LogP contribution in [0.1, 0.15) is 32.6 Å². The Balaban J connectivity index is 0.00000225. The van der Waals surface area contributed by atoms with Crippen LogP contribution in [0.4, 0.5) is 0 Å². The summed E-state index contributed by atoms with van der Waals surface area (Å²) in [5, 5.41) is 5.86. The minimum Gasteiger partial charge on any atom is -0.370 e. The largest absolute Gasteiger partial charge is 0.370 e. The number of nitrogens with zero attached hydrogens (tertiary/aromatic N) is 1. The Morgan fingerprint density at radius 1 is 1.50 bits per heavy atom. The van der Waals surface area contributed by atoms with E-state index in [9.17, 15) is 4.79 Å². The van der Waals surface area contributed by atoms with Gasteiger partial charge in [0.05, 0.1) is 6.54 Å². The number of amides is 1.